The first kappa shape index (κ1) is 9.17. The Morgan fingerprint density at radius 2 is 2.30 bits per heavy atom. The molecule has 0 bridgehead atoms. The molecule has 3 heteroatoms. The van der Waals surface area contributed by atoms with Crippen LogP contribution in [-0.4, -0.2) is 17.7 Å². The van der Waals surface area contributed by atoms with Crippen molar-refractivity contribution in [3.05, 3.63) is 11.6 Å². The second-order valence-electron chi connectivity index (χ2n) is 2.30. The molecule has 0 aromatic heterocycles. The average molecular weight is 143 g/mol. The zero-order valence-corrected chi connectivity index (χ0v) is 6.13. The summed E-state index contributed by atoms with van der Waals surface area (Å²) in [5.41, 5.74) is 0.168. The number of hydrogen-bond acceptors (Lipinski definition) is 3. The maximum absolute atomic E-state index is 10.1. The third-order valence-corrected chi connectivity index (χ3v) is 1.14. The summed E-state index contributed by atoms with van der Waals surface area (Å²) in [5.74, 6) is -1.29. The van der Waals surface area contributed by atoms with Crippen molar-refractivity contribution in [2.75, 3.05) is 6.61 Å². The van der Waals surface area contributed by atoms with Gasteiger partial charge in [0.2, 0.25) is 0 Å². The molecule has 1 N–H and O–H groups in total. The highest BCUT2D eigenvalue weighted by Crippen LogP contribution is 2.00. The Labute approximate surface area is 60.0 Å². The summed E-state index contributed by atoms with van der Waals surface area (Å²) in [7, 11) is 0. The van der Waals surface area contributed by atoms with Gasteiger partial charge in [-0.2, -0.15) is 0 Å². The molecule has 1 unspecified atom stereocenters. The third kappa shape index (κ3) is 3.25. The van der Waals surface area contributed by atoms with Gasteiger partial charge in [-0.1, -0.05) is 13.0 Å². The Bertz CT molecular complexity index is 149. The number of carbonyl (C=O) groups excluding carboxylic acids is 1. The number of aliphatic hydroxyl groups excluding tert-OH is 1. The molecule has 0 aromatic rings. The molecule has 0 saturated carbocycles. The monoisotopic (exact) mass is 143 g/mol. The van der Waals surface area contributed by atoms with E-state index in [9.17, 15) is 9.90 Å². The molecule has 10 heavy (non-hydrogen) atoms. The van der Waals surface area contributed by atoms with Gasteiger partial charge in [0.15, 0.2) is 0 Å². The van der Waals surface area contributed by atoms with Crippen LogP contribution in [0.4, 0.5) is 0 Å². The van der Waals surface area contributed by atoms with Crippen LogP contribution >= 0.6 is 0 Å². The van der Waals surface area contributed by atoms with Crippen molar-refractivity contribution in [2.45, 2.75) is 13.8 Å². The normalized spacial score (nSPS) is 14.9. The van der Waals surface area contributed by atoms with Crippen molar-refractivity contribution in [2.24, 2.45) is 5.92 Å². The number of aliphatic hydroxyl groups is 1. The fourth-order valence-electron chi connectivity index (χ4n) is 0.548. The van der Waals surface area contributed by atoms with E-state index < -0.39 is 5.97 Å². The number of rotatable bonds is 3. The molecule has 0 radical (unpaired) electrons. The molecule has 0 fully saturated rings. The second-order valence-corrected chi connectivity index (χ2v) is 2.30. The average Bonchev–Trinajstić information content (AvgIpc) is 1.87. The molecular weight excluding hydrogens is 132 g/mol. The van der Waals surface area contributed by atoms with E-state index in [1.165, 1.54) is 13.0 Å². The largest absolute Gasteiger partial charge is 0.545 e. The summed E-state index contributed by atoms with van der Waals surface area (Å²) in [6.07, 6.45) is 1.47. The minimum Gasteiger partial charge on any atom is -0.545 e. The molecule has 0 aliphatic rings. The van der Waals surface area contributed by atoms with Crippen molar-refractivity contribution in [1.82, 2.24) is 0 Å². The molecule has 0 aromatic carbocycles. The molecule has 0 rings (SSSR count). The van der Waals surface area contributed by atoms with Crippen molar-refractivity contribution in [3.63, 3.8) is 0 Å². The maximum Gasteiger partial charge on any atom is 0.0668 e. The topological polar surface area (TPSA) is 60.4 Å². The minimum absolute atomic E-state index is 0.0371. The maximum atomic E-state index is 10.1. The number of aliphatic carboxylic acids is 1. The van der Waals surface area contributed by atoms with E-state index in [0.717, 1.165) is 0 Å². The zero-order valence-electron chi connectivity index (χ0n) is 6.13. The van der Waals surface area contributed by atoms with E-state index in [4.69, 9.17) is 5.11 Å². The molecule has 0 spiro atoms. The smallest absolute Gasteiger partial charge is 0.0668 e. The van der Waals surface area contributed by atoms with Crippen LogP contribution in [0.5, 0.6) is 0 Å². The van der Waals surface area contributed by atoms with E-state index >= 15 is 0 Å². The van der Waals surface area contributed by atoms with Crippen molar-refractivity contribution >= 4 is 5.97 Å². The summed E-state index contributed by atoms with van der Waals surface area (Å²) in [5, 5.41) is 18.6. The van der Waals surface area contributed by atoms with Gasteiger partial charge in [-0.3, -0.25) is 0 Å². The molecule has 0 aliphatic carbocycles. The van der Waals surface area contributed by atoms with Crippen LogP contribution in [0.3, 0.4) is 0 Å². The Balaban J connectivity index is 4.02. The summed E-state index contributed by atoms with van der Waals surface area (Å²) < 4.78 is 0. The lowest BCUT2D eigenvalue weighted by molar-refractivity contribution is -0.299. The number of carboxylic acids is 1. The summed E-state index contributed by atoms with van der Waals surface area (Å²) in [6, 6.07) is 0. The molecule has 0 heterocycles. The van der Waals surface area contributed by atoms with Gasteiger partial charge < -0.3 is 15.0 Å². The molecule has 0 saturated heterocycles. The highest BCUT2D eigenvalue weighted by Gasteiger charge is 1.95. The van der Waals surface area contributed by atoms with Crippen LogP contribution in [-0.2, 0) is 4.79 Å². The predicted molar refractivity (Wildman–Crippen MR) is 35.0 cm³/mol. The second kappa shape index (κ2) is 4.06. The Morgan fingerprint density at radius 1 is 1.80 bits per heavy atom. The van der Waals surface area contributed by atoms with Gasteiger partial charge in [-0.05, 0) is 18.4 Å². The molecule has 0 amide bonds. The van der Waals surface area contributed by atoms with Crippen LogP contribution in [0, 0.1) is 5.92 Å². The van der Waals surface area contributed by atoms with Gasteiger partial charge in [-0.25, -0.2) is 0 Å². The van der Waals surface area contributed by atoms with Gasteiger partial charge in [0.05, 0.1) is 5.97 Å². The lowest BCUT2D eigenvalue weighted by Crippen LogP contribution is -2.23. The van der Waals surface area contributed by atoms with Gasteiger partial charge in [0.25, 0.3) is 0 Å². The van der Waals surface area contributed by atoms with E-state index in [-0.39, 0.29) is 18.1 Å². The first-order valence-electron chi connectivity index (χ1n) is 3.08. The summed E-state index contributed by atoms with van der Waals surface area (Å²) >= 11 is 0. The zero-order chi connectivity index (χ0) is 8.15. The first-order valence-corrected chi connectivity index (χ1v) is 3.08. The first-order chi connectivity index (χ1) is 4.57. The highest BCUT2D eigenvalue weighted by molar-refractivity contribution is 5.83. The van der Waals surface area contributed by atoms with E-state index in [0.29, 0.717) is 0 Å². The lowest BCUT2D eigenvalue weighted by Gasteiger charge is -2.04. The van der Waals surface area contributed by atoms with Crippen molar-refractivity contribution in [3.8, 4) is 0 Å². The van der Waals surface area contributed by atoms with Crippen LogP contribution in [0.25, 0.3) is 0 Å². The van der Waals surface area contributed by atoms with Crippen LogP contribution in [0.15, 0.2) is 11.6 Å². The minimum atomic E-state index is -1.18. The quantitative estimate of drug-likeness (QED) is 0.532. The highest BCUT2D eigenvalue weighted by atomic mass is 16.4. The Kier molecular flexibility index (Phi) is 3.72. The standard InChI is InChI=1S/C7H12O3/c1-5(4-8)3-6(2)7(9)10/h3,5,8H,4H2,1-2H3,(H,9,10)/p-1/b6-3+. The van der Waals surface area contributed by atoms with Crippen LogP contribution in [0.2, 0.25) is 0 Å². The Hall–Kier alpha value is -0.830. The third-order valence-electron chi connectivity index (χ3n) is 1.14. The van der Waals surface area contributed by atoms with Crippen LogP contribution < -0.4 is 5.11 Å². The van der Waals surface area contributed by atoms with Gasteiger partial charge in [0, 0.05) is 6.61 Å². The number of hydrogen-bond donors (Lipinski definition) is 1. The van der Waals surface area contributed by atoms with Gasteiger partial charge >= 0.3 is 0 Å². The van der Waals surface area contributed by atoms with Crippen LogP contribution in [0.1, 0.15) is 13.8 Å². The summed E-state index contributed by atoms with van der Waals surface area (Å²) in [4.78, 5) is 10.1. The molecule has 58 valence electrons. The van der Waals surface area contributed by atoms with E-state index in [2.05, 4.69) is 0 Å². The van der Waals surface area contributed by atoms with Crippen molar-refractivity contribution in [1.29, 1.82) is 0 Å². The van der Waals surface area contributed by atoms with E-state index in [1.54, 1.807) is 6.92 Å². The number of carbonyl (C=O) groups is 1. The van der Waals surface area contributed by atoms with Gasteiger partial charge in [0.1, 0.15) is 0 Å². The molecule has 1 atom stereocenters. The SMILES string of the molecule is C/C(=C\C(C)CO)C(=O)[O-]. The van der Waals surface area contributed by atoms with E-state index in [1.807, 2.05) is 0 Å². The molecule has 0 aliphatic heterocycles. The summed E-state index contributed by atoms with van der Waals surface area (Å²) in [6.45, 7) is 3.14. The van der Waals surface area contributed by atoms with Crippen molar-refractivity contribution < 1.29 is 15.0 Å². The fraction of sp³-hybridized carbons (Fsp3) is 0.571. The van der Waals surface area contributed by atoms with Gasteiger partial charge in [-0.15, -0.1) is 0 Å². The lowest BCUT2D eigenvalue weighted by atomic mass is 10.1. The molecule has 3 nitrogen and oxygen atoms in total. The molecular formula is C7H11O3-. The fourth-order valence-corrected chi connectivity index (χ4v) is 0.548. The predicted octanol–water partition coefficient (Wildman–Crippen LogP) is -0.689. The number of carboxylic acid groups (broad SMARTS) is 1. The Morgan fingerprint density at radius 3 is 2.60 bits per heavy atom.